The summed E-state index contributed by atoms with van der Waals surface area (Å²) in [7, 11) is 1.55. The van der Waals surface area contributed by atoms with E-state index in [0.717, 1.165) is 32.1 Å². The molecule has 1 aromatic rings. The molecular formula is C14H18N2O3. The van der Waals surface area contributed by atoms with Gasteiger partial charge in [0, 0.05) is 12.3 Å². The van der Waals surface area contributed by atoms with Crippen molar-refractivity contribution in [3.63, 3.8) is 0 Å². The first-order valence-corrected chi connectivity index (χ1v) is 6.63. The molecule has 0 unspecified atom stereocenters. The maximum atomic E-state index is 12.4. The minimum atomic E-state index is -0.799. The lowest BCUT2D eigenvalue weighted by Gasteiger charge is -2.43. The molecule has 2 fully saturated rings. The zero-order chi connectivity index (χ0) is 13.5. The van der Waals surface area contributed by atoms with Gasteiger partial charge in [-0.15, -0.1) is 0 Å². The van der Waals surface area contributed by atoms with Gasteiger partial charge < -0.3 is 15.2 Å². The van der Waals surface area contributed by atoms with Crippen LogP contribution in [0.2, 0.25) is 0 Å². The summed E-state index contributed by atoms with van der Waals surface area (Å²) in [6, 6.07) is 1.70. The lowest BCUT2D eigenvalue weighted by molar-refractivity contribution is -0.143. The Morgan fingerprint density at radius 1 is 1.42 bits per heavy atom. The highest BCUT2D eigenvalue weighted by atomic mass is 16.5. The van der Waals surface area contributed by atoms with Crippen molar-refractivity contribution in [2.75, 3.05) is 12.4 Å². The predicted octanol–water partition coefficient (Wildman–Crippen LogP) is 1.72. The normalized spacial score (nSPS) is 22.2. The Morgan fingerprint density at radius 3 is 2.68 bits per heavy atom. The molecule has 19 heavy (non-hydrogen) atoms. The minimum absolute atomic E-state index is 0.110. The molecule has 1 aromatic heterocycles. The number of hydrogen-bond donors (Lipinski definition) is 2. The Morgan fingerprint density at radius 2 is 2.16 bits per heavy atom. The summed E-state index contributed by atoms with van der Waals surface area (Å²) >= 11 is 0. The van der Waals surface area contributed by atoms with Crippen LogP contribution < -0.4 is 10.1 Å². The Kier molecular flexibility index (Phi) is 2.74. The van der Waals surface area contributed by atoms with Crippen LogP contribution >= 0.6 is 0 Å². The Balaban J connectivity index is 1.79. The van der Waals surface area contributed by atoms with Crippen molar-refractivity contribution >= 4 is 11.6 Å². The van der Waals surface area contributed by atoms with Gasteiger partial charge in [-0.25, -0.2) is 0 Å². The van der Waals surface area contributed by atoms with E-state index in [0.29, 0.717) is 11.4 Å². The van der Waals surface area contributed by atoms with Crippen molar-refractivity contribution in [1.82, 2.24) is 4.98 Å². The third kappa shape index (κ3) is 1.80. The maximum absolute atomic E-state index is 12.4. The van der Waals surface area contributed by atoms with Gasteiger partial charge in [0.15, 0.2) is 0 Å². The van der Waals surface area contributed by atoms with E-state index in [9.17, 15) is 9.90 Å². The number of nitrogens with zero attached hydrogens (tertiary/aromatic N) is 1. The van der Waals surface area contributed by atoms with Gasteiger partial charge in [-0.2, -0.15) is 0 Å². The quantitative estimate of drug-likeness (QED) is 0.866. The van der Waals surface area contributed by atoms with Crippen LogP contribution in [0.5, 0.6) is 5.75 Å². The largest absolute Gasteiger partial charge is 0.494 e. The SMILES string of the molecule is COc1ccncc1NC(=O)C1(C2(O)CCC2)CC1. The van der Waals surface area contributed by atoms with E-state index in [1.807, 2.05) is 0 Å². The molecule has 3 rings (SSSR count). The molecule has 2 aliphatic rings. The molecule has 102 valence electrons. The van der Waals surface area contributed by atoms with Crippen molar-refractivity contribution in [2.45, 2.75) is 37.7 Å². The van der Waals surface area contributed by atoms with Gasteiger partial charge in [0.2, 0.25) is 5.91 Å². The molecule has 2 N–H and O–H groups in total. The van der Waals surface area contributed by atoms with Gasteiger partial charge in [-0.05, 0) is 32.1 Å². The number of ether oxygens (including phenoxy) is 1. The number of nitrogens with one attached hydrogen (secondary N) is 1. The number of aliphatic hydroxyl groups is 1. The van der Waals surface area contributed by atoms with Crippen molar-refractivity contribution < 1.29 is 14.6 Å². The number of rotatable bonds is 4. The second-order valence-electron chi connectivity index (χ2n) is 5.50. The van der Waals surface area contributed by atoms with E-state index in [1.165, 1.54) is 0 Å². The Labute approximate surface area is 112 Å². The fourth-order valence-corrected chi connectivity index (χ4v) is 2.91. The zero-order valence-electron chi connectivity index (χ0n) is 11.0. The molecule has 2 aliphatic carbocycles. The highest BCUT2D eigenvalue weighted by molar-refractivity contribution is 5.99. The van der Waals surface area contributed by atoms with Gasteiger partial charge in [0.05, 0.1) is 24.3 Å². The van der Waals surface area contributed by atoms with Crippen molar-refractivity contribution in [1.29, 1.82) is 0 Å². The van der Waals surface area contributed by atoms with Gasteiger partial charge in [-0.3, -0.25) is 9.78 Å². The molecule has 0 aliphatic heterocycles. The summed E-state index contributed by atoms with van der Waals surface area (Å²) < 4.78 is 5.19. The predicted molar refractivity (Wildman–Crippen MR) is 69.9 cm³/mol. The number of carbonyl (C=O) groups is 1. The lowest BCUT2D eigenvalue weighted by atomic mass is 9.68. The highest BCUT2D eigenvalue weighted by Crippen LogP contribution is 2.61. The van der Waals surface area contributed by atoms with Gasteiger partial charge >= 0.3 is 0 Å². The Hall–Kier alpha value is -1.62. The fraction of sp³-hybridized carbons (Fsp3) is 0.571. The summed E-state index contributed by atoms with van der Waals surface area (Å²) in [6.07, 6.45) is 7.16. The van der Waals surface area contributed by atoms with E-state index in [1.54, 1.807) is 25.6 Å². The van der Waals surface area contributed by atoms with Crippen LogP contribution in [-0.4, -0.2) is 28.7 Å². The van der Waals surface area contributed by atoms with Crippen molar-refractivity contribution in [3.05, 3.63) is 18.5 Å². The van der Waals surface area contributed by atoms with Crippen LogP contribution in [0.25, 0.3) is 0 Å². The maximum Gasteiger partial charge on any atom is 0.233 e. The number of pyridine rings is 1. The van der Waals surface area contributed by atoms with E-state index < -0.39 is 11.0 Å². The summed E-state index contributed by atoms with van der Waals surface area (Å²) in [5.41, 5.74) is -0.831. The fourth-order valence-electron chi connectivity index (χ4n) is 2.91. The second kappa shape index (κ2) is 4.20. The molecule has 0 atom stereocenters. The number of aromatic nitrogens is 1. The molecule has 1 amide bonds. The summed E-state index contributed by atoms with van der Waals surface area (Å²) in [5.74, 6) is 0.473. The number of carbonyl (C=O) groups excluding carboxylic acids is 1. The van der Waals surface area contributed by atoms with Crippen LogP contribution in [0.15, 0.2) is 18.5 Å². The van der Waals surface area contributed by atoms with Crippen LogP contribution in [-0.2, 0) is 4.79 Å². The third-order valence-corrected chi connectivity index (χ3v) is 4.51. The number of hydrogen-bond acceptors (Lipinski definition) is 4. The number of methoxy groups -OCH3 is 1. The molecule has 5 heteroatoms. The molecule has 0 spiro atoms. The van der Waals surface area contributed by atoms with Gasteiger partial charge in [0.25, 0.3) is 0 Å². The van der Waals surface area contributed by atoms with Crippen LogP contribution in [0.1, 0.15) is 32.1 Å². The minimum Gasteiger partial charge on any atom is -0.494 e. The van der Waals surface area contributed by atoms with E-state index in [-0.39, 0.29) is 5.91 Å². The molecule has 0 aromatic carbocycles. The van der Waals surface area contributed by atoms with E-state index in [4.69, 9.17) is 4.74 Å². The molecule has 0 bridgehead atoms. The number of amides is 1. The average molecular weight is 262 g/mol. The first-order chi connectivity index (χ1) is 9.11. The topological polar surface area (TPSA) is 71.5 Å². The number of anilines is 1. The van der Waals surface area contributed by atoms with E-state index >= 15 is 0 Å². The third-order valence-electron chi connectivity index (χ3n) is 4.51. The smallest absolute Gasteiger partial charge is 0.233 e. The second-order valence-corrected chi connectivity index (χ2v) is 5.50. The van der Waals surface area contributed by atoms with Crippen LogP contribution in [0, 0.1) is 5.41 Å². The Bertz CT molecular complexity index is 507. The zero-order valence-corrected chi connectivity index (χ0v) is 11.0. The average Bonchev–Trinajstić information content (AvgIpc) is 3.18. The summed E-state index contributed by atoms with van der Waals surface area (Å²) in [5, 5.41) is 13.3. The van der Waals surface area contributed by atoms with Crippen LogP contribution in [0.4, 0.5) is 5.69 Å². The van der Waals surface area contributed by atoms with Crippen LogP contribution in [0.3, 0.4) is 0 Å². The first kappa shape index (κ1) is 12.4. The molecule has 2 saturated carbocycles. The molecule has 1 heterocycles. The molecule has 0 saturated heterocycles. The standard InChI is InChI=1S/C14H18N2O3/c1-19-11-3-8-15-9-10(11)16-12(17)13(6-7-13)14(18)4-2-5-14/h3,8-9,18H,2,4-7H2,1H3,(H,16,17). The molecule has 0 radical (unpaired) electrons. The lowest BCUT2D eigenvalue weighted by Crippen LogP contribution is -2.51. The summed E-state index contributed by atoms with van der Waals surface area (Å²) in [6.45, 7) is 0. The highest BCUT2D eigenvalue weighted by Gasteiger charge is 2.65. The van der Waals surface area contributed by atoms with Gasteiger partial charge in [0.1, 0.15) is 11.4 Å². The molecule has 5 nitrogen and oxygen atoms in total. The van der Waals surface area contributed by atoms with Crippen molar-refractivity contribution in [2.24, 2.45) is 5.41 Å². The molecular weight excluding hydrogens is 244 g/mol. The van der Waals surface area contributed by atoms with Gasteiger partial charge in [-0.1, -0.05) is 0 Å². The van der Waals surface area contributed by atoms with E-state index in [2.05, 4.69) is 10.3 Å². The monoisotopic (exact) mass is 262 g/mol. The first-order valence-electron chi connectivity index (χ1n) is 6.63. The van der Waals surface area contributed by atoms with Crippen molar-refractivity contribution in [3.8, 4) is 5.75 Å². The summed E-state index contributed by atoms with van der Waals surface area (Å²) in [4.78, 5) is 16.4.